The van der Waals surface area contributed by atoms with Crippen molar-refractivity contribution in [3.63, 3.8) is 0 Å². The van der Waals surface area contributed by atoms with Gasteiger partial charge in [0.2, 0.25) is 0 Å². The third-order valence-electron chi connectivity index (χ3n) is 6.68. The molecule has 1 fully saturated rings. The molecule has 2 heterocycles. The van der Waals surface area contributed by atoms with Gasteiger partial charge in [-0.3, -0.25) is 9.80 Å². The molecule has 3 aromatic rings. The highest BCUT2D eigenvalue weighted by atomic mass is 19.4. The van der Waals surface area contributed by atoms with Gasteiger partial charge in [0.25, 0.3) is 0 Å². The number of aryl methyl sites for hydroxylation is 2. The zero-order chi connectivity index (χ0) is 24.8. The van der Waals surface area contributed by atoms with E-state index in [1.165, 1.54) is 16.7 Å². The maximum absolute atomic E-state index is 12.9. The molecule has 0 spiro atoms. The molecule has 4 nitrogen and oxygen atoms in total. The fourth-order valence-electron chi connectivity index (χ4n) is 4.51. The summed E-state index contributed by atoms with van der Waals surface area (Å²) in [6.07, 6.45) is -2.31. The SMILES string of the molecule is Cc1ccc(C)c(CN(CCN2CCOCC2)Cc2cccn2Cc2ccc(C(F)(F)F)cc2)c1. The molecule has 1 aromatic heterocycles. The number of benzene rings is 2. The normalized spacial score (nSPS) is 15.1. The minimum Gasteiger partial charge on any atom is -0.379 e. The first-order valence-corrected chi connectivity index (χ1v) is 12.2. The van der Waals surface area contributed by atoms with Crippen molar-refractivity contribution in [3.05, 3.63) is 94.3 Å². The maximum atomic E-state index is 12.9. The fourth-order valence-corrected chi connectivity index (χ4v) is 4.51. The van der Waals surface area contributed by atoms with Crippen molar-refractivity contribution in [2.24, 2.45) is 0 Å². The Morgan fingerprint density at radius 3 is 2.40 bits per heavy atom. The summed E-state index contributed by atoms with van der Waals surface area (Å²) in [6, 6.07) is 16.2. The van der Waals surface area contributed by atoms with Gasteiger partial charge in [-0.1, -0.05) is 35.9 Å². The molecule has 4 rings (SSSR count). The quantitative estimate of drug-likeness (QED) is 0.399. The first-order chi connectivity index (χ1) is 16.8. The van der Waals surface area contributed by atoms with Crippen LogP contribution in [0.25, 0.3) is 0 Å². The molecule has 2 aromatic carbocycles. The molecule has 0 N–H and O–H groups in total. The second-order valence-corrected chi connectivity index (χ2v) is 9.42. The predicted octanol–water partition coefficient (Wildman–Crippen LogP) is 5.51. The van der Waals surface area contributed by atoms with Gasteiger partial charge in [0.1, 0.15) is 0 Å². The number of halogens is 3. The molecule has 0 amide bonds. The van der Waals surface area contributed by atoms with Crippen LogP contribution in [0.1, 0.15) is 33.5 Å². The molecule has 1 aliphatic heterocycles. The van der Waals surface area contributed by atoms with Gasteiger partial charge < -0.3 is 9.30 Å². The fraction of sp³-hybridized carbons (Fsp3) is 0.429. The van der Waals surface area contributed by atoms with Gasteiger partial charge in [0.15, 0.2) is 0 Å². The van der Waals surface area contributed by atoms with Crippen molar-refractivity contribution < 1.29 is 17.9 Å². The van der Waals surface area contributed by atoms with Crippen molar-refractivity contribution in [2.45, 2.75) is 39.7 Å². The lowest BCUT2D eigenvalue weighted by molar-refractivity contribution is -0.137. The number of hydrogen-bond acceptors (Lipinski definition) is 3. The summed E-state index contributed by atoms with van der Waals surface area (Å²) in [6.45, 7) is 11.8. The van der Waals surface area contributed by atoms with Crippen LogP contribution in [0, 0.1) is 13.8 Å². The van der Waals surface area contributed by atoms with E-state index in [2.05, 4.69) is 52.5 Å². The van der Waals surface area contributed by atoms with Gasteiger partial charge >= 0.3 is 6.18 Å². The van der Waals surface area contributed by atoms with Crippen molar-refractivity contribution in [2.75, 3.05) is 39.4 Å². The maximum Gasteiger partial charge on any atom is 0.416 e. The third kappa shape index (κ3) is 7.19. The zero-order valence-corrected chi connectivity index (χ0v) is 20.5. The van der Waals surface area contributed by atoms with E-state index in [-0.39, 0.29) is 0 Å². The Labute approximate surface area is 205 Å². The van der Waals surface area contributed by atoms with Crippen LogP contribution in [-0.4, -0.2) is 53.8 Å². The van der Waals surface area contributed by atoms with Crippen molar-refractivity contribution in [1.82, 2.24) is 14.4 Å². The van der Waals surface area contributed by atoms with Gasteiger partial charge in [-0.15, -0.1) is 0 Å². The summed E-state index contributed by atoms with van der Waals surface area (Å²) < 4.78 is 46.4. The molecule has 35 heavy (non-hydrogen) atoms. The van der Waals surface area contributed by atoms with E-state index in [4.69, 9.17) is 4.74 Å². The van der Waals surface area contributed by atoms with Gasteiger partial charge in [-0.25, -0.2) is 0 Å². The first kappa shape index (κ1) is 25.5. The van der Waals surface area contributed by atoms with E-state index < -0.39 is 11.7 Å². The van der Waals surface area contributed by atoms with Gasteiger partial charge in [-0.2, -0.15) is 13.2 Å². The number of alkyl halides is 3. The summed E-state index contributed by atoms with van der Waals surface area (Å²) in [7, 11) is 0. The second kappa shape index (κ2) is 11.4. The number of nitrogens with zero attached hydrogens (tertiary/aromatic N) is 3. The highest BCUT2D eigenvalue weighted by Gasteiger charge is 2.29. The van der Waals surface area contributed by atoms with Crippen LogP contribution in [0.2, 0.25) is 0 Å². The van der Waals surface area contributed by atoms with Crippen LogP contribution in [0.15, 0.2) is 60.8 Å². The lowest BCUT2D eigenvalue weighted by Gasteiger charge is -2.30. The number of ether oxygens (including phenoxy) is 1. The Balaban J connectivity index is 1.48. The minimum absolute atomic E-state index is 0.543. The monoisotopic (exact) mass is 485 g/mol. The summed E-state index contributed by atoms with van der Waals surface area (Å²) >= 11 is 0. The Hall–Kier alpha value is -2.61. The summed E-state index contributed by atoms with van der Waals surface area (Å²) in [5.74, 6) is 0. The van der Waals surface area contributed by atoms with E-state index in [9.17, 15) is 13.2 Å². The Morgan fingerprint density at radius 1 is 0.943 bits per heavy atom. The molecule has 188 valence electrons. The Bertz CT molecular complexity index is 1090. The molecule has 0 aliphatic carbocycles. The topological polar surface area (TPSA) is 20.6 Å². The van der Waals surface area contributed by atoms with Crippen LogP contribution >= 0.6 is 0 Å². The molecule has 0 bridgehead atoms. The molecule has 0 unspecified atom stereocenters. The van der Waals surface area contributed by atoms with Crippen LogP contribution in [-0.2, 0) is 30.5 Å². The van der Waals surface area contributed by atoms with Crippen molar-refractivity contribution in [1.29, 1.82) is 0 Å². The summed E-state index contributed by atoms with van der Waals surface area (Å²) in [5.41, 5.74) is 5.25. The standard InChI is InChI=1S/C28H34F3N3O/c1-22-5-6-23(2)25(18-22)20-33(13-12-32-14-16-35-17-15-32)21-27-4-3-11-34(27)19-24-7-9-26(10-8-24)28(29,30)31/h3-11,18H,12-17,19-21H2,1-2H3. The first-order valence-electron chi connectivity index (χ1n) is 12.2. The predicted molar refractivity (Wildman–Crippen MR) is 132 cm³/mol. The lowest BCUT2D eigenvalue weighted by Crippen LogP contribution is -2.41. The van der Waals surface area contributed by atoms with E-state index in [1.807, 2.05) is 12.3 Å². The molecule has 0 atom stereocenters. The number of morpholine rings is 1. The van der Waals surface area contributed by atoms with E-state index in [0.717, 1.165) is 75.9 Å². The van der Waals surface area contributed by atoms with Crippen molar-refractivity contribution >= 4 is 0 Å². The highest BCUT2D eigenvalue weighted by Crippen LogP contribution is 2.29. The molecular formula is C28H34F3N3O. The smallest absolute Gasteiger partial charge is 0.379 e. The second-order valence-electron chi connectivity index (χ2n) is 9.42. The number of aromatic nitrogens is 1. The molecule has 0 saturated carbocycles. The number of rotatable bonds is 9. The molecule has 7 heteroatoms. The Morgan fingerprint density at radius 2 is 1.69 bits per heavy atom. The average Bonchev–Trinajstić information content (AvgIpc) is 3.26. The lowest BCUT2D eigenvalue weighted by atomic mass is 10.1. The average molecular weight is 486 g/mol. The van der Waals surface area contributed by atoms with Gasteiger partial charge in [0, 0.05) is 57.7 Å². The van der Waals surface area contributed by atoms with Crippen LogP contribution in [0.3, 0.4) is 0 Å². The van der Waals surface area contributed by atoms with Gasteiger partial charge in [-0.05, 0) is 54.8 Å². The Kier molecular flexibility index (Phi) is 8.31. The largest absolute Gasteiger partial charge is 0.416 e. The zero-order valence-electron chi connectivity index (χ0n) is 20.5. The molecule has 1 aliphatic rings. The minimum atomic E-state index is -4.31. The third-order valence-corrected chi connectivity index (χ3v) is 6.68. The van der Waals surface area contributed by atoms with Crippen LogP contribution < -0.4 is 0 Å². The highest BCUT2D eigenvalue weighted by molar-refractivity contribution is 5.30. The molecular weight excluding hydrogens is 451 g/mol. The summed E-state index contributed by atoms with van der Waals surface area (Å²) in [4.78, 5) is 4.91. The van der Waals surface area contributed by atoms with E-state index in [1.54, 1.807) is 12.1 Å². The summed E-state index contributed by atoms with van der Waals surface area (Å²) in [5, 5.41) is 0. The molecule has 0 radical (unpaired) electrons. The van der Waals surface area contributed by atoms with Crippen LogP contribution in [0.4, 0.5) is 13.2 Å². The molecule has 1 saturated heterocycles. The van der Waals surface area contributed by atoms with Crippen molar-refractivity contribution in [3.8, 4) is 0 Å². The van der Waals surface area contributed by atoms with Gasteiger partial charge in [0.05, 0.1) is 18.8 Å². The van der Waals surface area contributed by atoms with E-state index in [0.29, 0.717) is 6.54 Å². The van der Waals surface area contributed by atoms with Crippen LogP contribution in [0.5, 0.6) is 0 Å². The number of hydrogen-bond donors (Lipinski definition) is 0. The van der Waals surface area contributed by atoms with E-state index >= 15 is 0 Å².